The van der Waals surface area contributed by atoms with E-state index in [-0.39, 0.29) is 46.5 Å². The van der Waals surface area contributed by atoms with Crippen molar-refractivity contribution < 1.29 is 46.5 Å². The van der Waals surface area contributed by atoms with Gasteiger partial charge in [0.05, 0.1) is 0 Å². The van der Waals surface area contributed by atoms with Gasteiger partial charge >= 0.3 is 21.7 Å². The number of fused-ring (bicyclic) bond motifs is 1. The van der Waals surface area contributed by atoms with Crippen molar-refractivity contribution in [3.63, 3.8) is 0 Å². The predicted octanol–water partition coefficient (Wildman–Crippen LogP) is 1.46. The molecule has 1 unspecified atom stereocenters. The first-order valence-corrected chi connectivity index (χ1v) is 16.4. The van der Waals surface area contributed by atoms with Gasteiger partial charge in [-0.15, -0.1) is 23.8 Å². The molecule has 6 heteroatoms. The molecule has 1 aliphatic rings. The predicted molar refractivity (Wildman–Crippen MR) is 123 cm³/mol. The van der Waals surface area contributed by atoms with Gasteiger partial charge in [0.15, 0.2) is 0 Å². The van der Waals surface area contributed by atoms with Gasteiger partial charge in [0.2, 0.25) is 0 Å². The molecule has 0 fully saturated rings. The van der Waals surface area contributed by atoms with Crippen LogP contribution in [-0.4, -0.2) is 16.5 Å². The van der Waals surface area contributed by atoms with Crippen LogP contribution >= 0.6 is 0 Å². The Bertz CT molecular complexity index is 760. The van der Waals surface area contributed by atoms with Gasteiger partial charge in [-0.3, -0.25) is 0 Å². The summed E-state index contributed by atoms with van der Waals surface area (Å²) in [4.78, 5) is 0. The van der Waals surface area contributed by atoms with Gasteiger partial charge in [0.25, 0.3) is 0 Å². The molecule has 1 nitrogen and oxygen atoms in total. The van der Waals surface area contributed by atoms with Crippen LogP contribution in [0.1, 0.15) is 28.2 Å². The summed E-state index contributed by atoms with van der Waals surface area (Å²) in [6.45, 7) is 15.9. The smallest absolute Gasteiger partial charge is 1.00 e. The minimum absolute atomic E-state index is 0. The largest absolute Gasteiger partial charge is 4.00 e. The molecule has 0 amide bonds. The van der Waals surface area contributed by atoms with Gasteiger partial charge in [-0.2, -0.15) is 17.2 Å². The number of aryl methyl sites for hydroxylation is 1. The molecule has 0 heterocycles. The first-order chi connectivity index (χ1) is 12.1. The van der Waals surface area contributed by atoms with Gasteiger partial charge in [0.1, 0.15) is 0 Å². The topological polar surface area (TPSA) is 14.1 Å². The van der Waals surface area contributed by atoms with E-state index >= 15 is 0 Å². The van der Waals surface area contributed by atoms with Crippen molar-refractivity contribution in [3.05, 3.63) is 87.6 Å². The van der Waals surface area contributed by atoms with Crippen LogP contribution in [-0.2, 0) is 21.7 Å². The molecule has 29 heavy (non-hydrogen) atoms. The van der Waals surface area contributed by atoms with Crippen molar-refractivity contribution in [2.24, 2.45) is 0 Å². The van der Waals surface area contributed by atoms with E-state index in [1.165, 1.54) is 22.3 Å². The summed E-state index contributed by atoms with van der Waals surface area (Å²) in [5.41, 5.74) is 5.47. The molecule has 0 bridgehead atoms. The average molecular weight is 498 g/mol. The second kappa shape index (κ2) is 13.2. The van der Waals surface area contributed by atoms with E-state index in [0.29, 0.717) is 5.92 Å². The molecule has 0 saturated carbocycles. The summed E-state index contributed by atoms with van der Waals surface area (Å²) in [5.74, 6) is 0.384. The maximum atomic E-state index is 4.82. The van der Waals surface area contributed by atoms with Crippen LogP contribution in [0.25, 0.3) is 10.7 Å². The van der Waals surface area contributed by atoms with E-state index in [9.17, 15) is 0 Å². The maximum absolute atomic E-state index is 4.82. The van der Waals surface area contributed by atoms with Gasteiger partial charge < -0.3 is 29.5 Å². The summed E-state index contributed by atoms with van der Waals surface area (Å²) in [7, 11) is -2.21. The summed E-state index contributed by atoms with van der Waals surface area (Å²) in [5, 5.41) is 0. The molecule has 0 N–H and O–H groups in total. The summed E-state index contributed by atoms with van der Waals surface area (Å²) >= 11 is 0. The fourth-order valence-electron chi connectivity index (χ4n) is 3.51. The Morgan fingerprint density at radius 2 is 1.41 bits per heavy atom. The Balaban J connectivity index is 0. The third-order valence-corrected chi connectivity index (χ3v) is 9.32. The summed E-state index contributed by atoms with van der Waals surface area (Å²) in [6.07, 6.45) is 8.74. The van der Waals surface area contributed by atoms with Gasteiger partial charge in [-0.25, -0.2) is 0 Å². The quantitative estimate of drug-likeness (QED) is 0.450. The molecule has 1 atom stereocenters. The Hall–Kier alpha value is -0.262. The van der Waals surface area contributed by atoms with Crippen molar-refractivity contribution in [1.82, 2.24) is 0 Å². The molecule has 3 rings (SSSR count). The molecule has 1 aliphatic carbocycles. The van der Waals surface area contributed by atoms with Crippen LogP contribution in [0.5, 0.6) is 0 Å². The van der Waals surface area contributed by atoms with Crippen molar-refractivity contribution in [2.45, 2.75) is 52.1 Å². The van der Waals surface area contributed by atoms with E-state index < -0.39 is 16.5 Å². The molecule has 2 aromatic rings. The van der Waals surface area contributed by atoms with Crippen molar-refractivity contribution >= 4 is 22.5 Å². The molecule has 0 aliphatic heterocycles. The number of rotatable bonds is 3. The number of hydrogen-bond donors (Lipinski definition) is 0. The maximum Gasteiger partial charge on any atom is 4.00 e. The van der Waals surface area contributed by atoms with Crippen LogP contribution in [0.15, 0.2) is 60.7 Å². The van der Waals surface area contributed by atoms with E-state index in [2.05, 4.69) is 113 Å². The number of nitrogens with zero attached hydrogens (tertiary/aromatic N) is 1. The Morgan fingerprint density at radius 1 is 0.862 bits per heavy atom. The van der Waals surface area contributed by atoms with Crippen molar-refractivity contribution in [1.29, 1.82) is 0 Å². The molecule has 2 aromatic carbocycles. The zero-order valence-corrected chi connectivity index (χ0v) is 23.7. The fourth-order valence-corrected chi connectivity index (χ4v) is 11.6. The summed E-state index contributed by atoms with van der Waals surface area (Å²) in [6, 6.07) is 15.2. The summed E-state index contributed by atoms with van der Waals surface area (Å²) < 4.78 is 4.82. The average Bonchev–Trinajstić information content (AvgIpc) is 2.75. The molecule has 0 spiro atoms. The molecule has 0 aromatic heterocycles. The van der Waals surface area contributed by atoms with Crippen molar-refractivity contribution in [2.75, 3.05) is 0 Å². The Labute approximate surface area is 207 Å². The number of allylic oxidation sites excluding steroid dienone is 3. The first kappa shape index (κ1) is 30.9. The number of hydrogen-bond acceptors (Lipinski definition) is 0. The first-order valence-electron chi connectivity index (χ1n) is 9.46. The zero-order chi connectivity index (χ0) is 19.4. The minimum Gasteiger partial charge on any atom is -1.00 e. The van der Waals surface area contributed by atoms with Crippen LogP contribution in [0.4, 0.5) is 0 Å². The monoisotopic (exact) mass is 497 g/mol. The fraction of sp³-hybridized carbons (Fsp3) is 0.348. The molecule has 0 radical (unpaired) electrons. The van der Waals surface area contributed by atoms with Crippen molar-refractivity contribution in [3.8, 4) is 0 Å². The minimum atomic E-state index is -1.11. The Morgan fingerprint density at radius 3 is 1.90 bits per heavy atom. The van der Waals surface area contributed by atoms with Crippen LogP contribution < -0.4 is 24.8 Å². The van der Waals surface area contributed by atoms with Gasteiger partial charge in [-0.05, 0) is 11.5 Å². The van der Waals surface area contributed by atoms with Gasteiger partial charge in [0, 0.05) is 0 Å². The molecule has 156 valence electrons. The van der Waals surface area contributed by atoms with Crippen LogP contribution in [0, 0.1) is 6.92 Å². The van der Waals surface area contributed by atoms with Crippen LogP contribution in [0.2, 0.25) is 39.3 Å². The normalized spacial score (nSPS) is 14.8. The third-order valence-electron chi connectivity index (χ3n) is 3.95. The Kier molecular flexibility index (Phi) is 14.1. The molecule has 0 saturated heterocycles. The standard InChI is InChI=1S/C17H15.C6H18NSi2.2ClH.Ti/c1-13-11-15-9-5-6-10-16(17(15)12-13)14-7-3-2-4-8-14;1-8(2,3)7-9(4,5)6;;;/h2-12,16H,1H3;1-6H3;2*1H;/q2*-1;;;+4/p-2. The van der Waals surface area contributed by atoms with E-state index in [0.717, 1.165) is 0 Å². The number of benzene rings is 1. The third kappa shape index (κ3) is 11.1. The second-order valence-corrected chi connectivity index (χ2v) is 18.6. The van der Waals surface area contributed by atoms with Gasteiger partial charge in [-0.1, -0.05) is 105 Å². The molecular weight excluding hydrogens is 465 g/mol. The SMILES string of the molecule is C[Si](C)(C)[N-][Si](C)(C)C.Cc1cc2c([cH-]1)C=CC=CC2c1ccccc1.[Cl-].[Cl-].[Ti+4]. The second-order valence-electron chi connectivity index (χ2n) is 9.03. The van der Waals surface area contributed by atoms with E-state index in [4.69, 9.17) is 4.65 Å². The number of halogens is 2. The van der Waals surface area contributed by atoms with E-state index in [1.54, 1.807) is 0 Å². The molecular formula is C23H33Cl2NSi2Ti. The van der Waals surface area contributed by atoms with Crippen LogP contribution in [0.3, 0.4) is 0 Å². The van der Waals surface area contributed by atoms with E-state index in [1.807, 2.05) is 0 Å². The zero-order valence-electron chi connectivity index (χ0n) is 18.6.